The number of ether oxygens (including phenoxy) is 1. The summed E-state index contributed by atoms with van der Waals surface area (Å²) in [5, 5.41) is 0. The molecule has 4 aromatic rings. The quantitative estimate of drug-likeness (QED) is 0.588. The van der Waals surface area contributed by atoms with Gasteiger partial charge in [-0.1, -0.05) is 12.1 Å². The van der Waals surface area contributed by atoms with E-state index in [9.17, 15) is 4.39 Å². The minimum absolute atomic E-state index is 0.203. The molecule has 26 heavy (non-hydrogen) atoms. The second kappa shape index (κ2) is 5.71. The molecule has 5 rings (SSSR count). The molecule has 5 nitrogen and oxygen atoms in total. The topological polar surface area (TPSA) is 77.1 Å². The molecular formula is C20H16FN3O2. The van der Waals surface area contributed by atoms with Crippen LogP contribution in [-0.4, -0.2) is 22.6 Å². The number of furan rings is 1. The molecule has 1 atom stereocenters. The Bertz CT molecular complexity index is 1080. The number of nitrogens with zero attached hydrogens (tertiary/aromatic N) is 1. The molecule has 0 spiro atoms. The zero-order valence-electron chi connectivity index (χ0n) is 13.8. The van der Waals surface area contributed by atoms with Gasteiger partial charge in [0, 0.05) is 18.5 Å². The molecule has 0 amide bonds. The van der Waals surface area contributed by atoms with Gasteiger partial charge >= 0.3 is 0 Å². The number of hydrogen-bond donors (Lipinski definition) is 2. The van der Waals surface area contributed by atoms with Gasteiger partial charge in [0.05, 0.1) is 16.6 Å². The van der Waals surface area contributed by atoms with Gasteiger partial charge in [-0.25, -0.2) is 9.37 Å². The number of hydrogen-bond acceptors (Lipinski definition) is 4. The molecule has 0 bridgehead atoms. The van der Waals surface area contributed by atoms with Crippen LogP contribution in [0.5, 0.6) is 5.75 Å². The highest BCUT2D eigenvalue weighted by Gasteiger charge is 2.29. The number of halogens is 1. The van der Waals surface area contributed by atoms with Gasteiger partial charge in [0.1, 0.15) is 23.4 Å². The Balaban J connectivity index is 1.56. The Morgan fingerprint density at radius 2 is 1.96 bits per heavy atom. The number of H-pyrrole nitrogens is 1. The number of nitrogens with two attached hydrogens (primary N) is 1. The summed E-state index contributed by atoms with van der Waals surface area (Å²) >= 11 is 0. The van der Waals surface area contributed by atoms with Crippen molar-refractivity contribution in [3.8, 4) is 28.7 Å². The van der Waals surface area contributed by atoms with E-state index < -0.39 is 0 Å². The van der Waals surface area contributed by atoms with Crippen LogP contribution in [0, 0.1) is 5.82 Å². The van der Waals surface area contributed by atoms with E-state index >= 15 is 0 Å². The number of para-hydroxylation sites is 2. The summed E-state index contributed by atoms with van der Waals surface area (Å²) in [6, 6.07) is 14.6. The summed E-state index contributed by atoms with van der Waals surface area (Å²) in [5.74, 6) is 2.11. The number of imidazole rings is 1. The van der Waals surface area contributed by atoms with Crippen LogP contribution in [-0.2, 0) is 6.42 Å². The molecule has 0 fully saturated rings. The summed E-state index contributed by atoms with van der Waals surface area (Å²) in [7, 11) is 0. The van der Waals surface area contributed by atoms with Crippen LogP contribution in [0.15, 0.2) is 52.9 Å². The van der Waals surface area contributed by atoms with Gasteiger partial charge in [-0.15, -0.1) is 0 Å². The lowest BCUT2D eigenvalue weighted by Crippen LogP contribution is -2.24. The number of fused-ring (bicyclic) bond motifs is 2. The fourth-order valence-corrected chi connectivity index (χ4v) is 3.37. The van der Waals surface area contributed by atoms with Crippen molar-refractivity contribution in [2.75, 3.05) is 6.54 Å². The molecule has 0 unspecified atom stereocenters. The molecule has 0 saturated carbocycles. The van der Waals surface area contributed by atoms with Crippen LogP contribution in [0.4, 0.5) is 4.39 Å². The van der Waals surface area contributed by atoms with Gasteiger partial charge in [0.15, 0.2) is 11.6 Å². The van der Waals surface area contributed by atoms with E-state index in [2.05, 4.69) is 9.97 Å². The largest absolute Gasteiger partial charge is 0.488 e. The third kappa shape index (κ3) is 2.30. The Hall–Kier alpha value is -3.12. The predicted octanol–water partition coefficient (Wildman–Crippen LogP) is 3.89. The minimum Gasteiger partial charge on any atom is -0.488 e. The maximum absolute atomic E-state index is 14.1. The minimum atomic E-state index is -0.274. The fourth-order valence-electron chi connectivity index (χ4n) is 3.37. The van der Waals surface area contributed by atoms with E-state index in [-0.39, 0.29) is 11.9 Å². The van der Waals surface area contributed by atoms with Crippen LogP contribution < -0.4 is 10.5 Å². The second-order valence-corrected chi connectivity index (χ2v) is 6.35. The predicted molar refractivity (Wildman–Crippen MR) is 96.4 cm³/mol. The van der Waals surface area contributed by atoms with Crippen molar-refractivity contribution in [2.45, 2.75) is 12.5 Å². The highest BCUT2D eigenvalue weighted by atomic mass is 19.1. The lowest BCUT2D eigenvalue weighted by molar-refractivity contribution is 0.242. The second-order valence-electron chi connectivity index (χ2n) is 6.35. The first-order valence-corrected chi connectivity index (χ1v) is 8.46. The van der Waals surface area contributed by atoms with Crippen LogP contribution in [0.25, 0.3) is 33.9 Å². The van der Waals surface area contributed by atoms with Crippen molar-refractivity contribution < 1.29 is 13.5 Å². The summed E-state index contributed by atoms with van der Waals surface area (Å²) < 4.78 is 25.9. The molecule has 1 aliphatic rings. The van der Waals surface area contributed by atoms with E-state index in [0.717, 1.165) is 16.6 Å². The molecule has 3 heterocycles. The van der Waals surface area contributed by atoms with Gasteiger partial charge in [-0.2, -0.15) is 0 Å². The summed E-state index contributed by atoms with van der Waals surface area (Å²) in [6.45, 7) is 0.343. The van der Waals surface area contributed by atoms with Crippen molar-refractivity contribution in [3.63, 3.8) is 0 Å². The monoisotopic (exact) mass is 349 g/mol. The van der Waals surface area contributed by atoms with E-state index in [1.807, 2.05) is 36.4 Å². The van der Waals surface area contributed by atoms with Crippen molar-refractivity contribution in [1.29, 1.82) is 0 Å². The lowest BCUT2D eigenvalue weighted by Gasteiger charge is -2.09. The van der Waals surface area contributed by atoms with Gasteiger partial charge in [0.25, 0.3) is 0 Å². The maximum Gasteiger partial charge on any atom is 0.174 e. The average Bonchev–Trinajstić information content (AvgIpc) is 3.38. The first-order valence-electron chi connectivity index (χ1n) is 8.46. The summed E-state index contributed by atoms with van der Waals surface area (Å²) in [6.07, 6.45) is 0.272. The third-order valence-corrected chi connectivity index (χ3v) is 4.68. The van der Waals surface area contributed by atoms with E-state index in [1.54, 1.807) is 6.07 Å². The number of benzene rings is 2. The van der Waals surface area contributed by atoms with E-state index in [1.165, 1.54) is 6.07 Å². The molecule has 0 radical (unpaired) electrons. The van der Waals surface area contributed by atoms with Gasteiger partial charge < -0.3 is 19.9 Å². The first kappa shape index (κ1) is 15.2. The van der Waals surface area contributed by atoms with E-state index in [0.29, 0.717) is 41.6 Å². The van der Waals surface area contributed by atoms with E-state index in [4.69, 9.17) is 14.9 Å². The Kier molecular flexibility index (Phi) is 3.33. The molecule has 3 N–H and O–H groups in total. The highest BCUT2D eigenvalue weighted by molar-refractivity contribution is 5.79. The third-order valence-electron chi connectivity index (χ3n) is 4.68. The zero-order chi connectivity index (χ0) is 17.7. The normalized spacial score (nSPS) is 16.0. The molecule has 2 aromatic heterocycles. The van der Waals surface area contributed by atoms with Gasteiger partial charge in [0.2, 0.25) is 0 Å². The number of nitrogens with one attached hydrogen (secondary N) is 1. The molecule has 2 aromatic carbocycles. The zero-order valence-corrected chi connectivity index (χ0v) is 13.8. The van der Waals surface area contributed by atoms with Crippen molar-refractivity contribution in [1.82, 2.24) is 9.97 Å². The van der Waals surface area contributed by atoms with Crippen molar-refractivity contribution >= 4 is 11.0 Å². The number of aromatic amines is 1. The Morgan fingerprint density at radius 3 is 2.81 bits per heavy atom. The fraction of sp³-hybridized carbons (Fsp3) is 0.150. The van der Waals surface area contributed by atoms with Crippen molar-refractivity contribution in [3.05, 3.63) is 59.9 Å². The molecular weight excluding hydrogens is 333 g/mol. The van der Waals surface area contributed by atoms with Crippen LogP contribution in [0.3, 0.4) is 0 Å². The molecule has 0 aliphatic carbocycles. The SMILES string of the molecule is NC[C@@H]1Cc2c(F)ccc(-c3ccc(-c4nc5ccccc5[nH]4)o3)c2O1. The molecule has 130 valence electrons. The highest BCUT2D eigenvalue weighted by Crippen LogP contribution is 2.41. The summed E-state index contributed by atoms with van der Waals surface area (Å²) in [4.78, 5) is 7.79. The summed E-state index contributed by atoms with van der Waals surface area (Å²) in [5.41, 5.74) is 8.78. The van der Waals surface area contributed by atoms with Crippen molar-refractivity contribution in [2.24, 2.45) is 5.73 Å². The van der Waals surface area contributed by atoms with Crippen LogP contribution in [0.2, 0.25) is 0 Å². The van der Waals surface area contributed by atoms with Gasteiger partial charge in [-0.05, 0) is 36.4 Å². The molecule has 1 aliphatic heterocycles. The Labute approximate surface area is 148 Å². The van der Waals surface area contributed by atoms with Gasteiger partial charge in [-0.3, -0.25) is 0 Å². The smallest absolute Gasteiger partial charge is 0.174 e. The maximum atomic E-state index is 14.1. The Morgan fingerprint density at radius 1 is 1.12 bits per heavy atom. The van der Waals surface area contributed by atoms with Crippen LogP contribution in [0.1, 0.15) is 5.56 Å². The number of aromatic nitrogens is 2. The standard InChI is InChI=1S/C20H16FN3O2/c21-14-6-5-12(19-13(14)9-11(10-22)25-19)17-7-8-18(26-17)20-23-15-3-1-2-4-16(15)24-20/h1-8,11H,9-10,22H2,(H,23,24)/t11-/m0/s1. The first-order chi connectivity index (χ1) is 12.7. The molecule has 6 heteroatoms. The molecule has 0 saturated heterocycles. The average molecular weight is 349 g/mol. The van der Waals surface area contributed by atoms with Crippen LogP contribution >= 0.6 is 0 Å². The number of rotatable bonds is 3. The lowest BCUT2D eigenvalue weighted by atomic mass is 10.0.